The Kier molecular flexibility index (Phi) is 8.19. The van der Waals surface area contributed by atoms with Crippen LogP contribution in [0.5, 0.6) is 0 Å². The van der Waals surface area contributed by atoms with Crippen LogP contribution in [-0.2, 0) is 27.4 Å². The second-order valence-electron chi connectivity index (χ2n) is 7.29. The van der Waals surface area contributed by atoms with Crippen LogP contribution in [0.1, 0.15) is 27.2 Å². The maximum absolute atomic E-state index is 13.3. The highest BCUT2D eigenvalue weighted by Gasteiger charge is 2.35. The minimum Gasteiger partial charge on any atom is -0.359 e. The Hall–Kier alpha value is -2.86. The molecule has 0 aliphatic heterocycles. The van der Waals surface area contributed by atoms with E-state index in [0.29, 0.717) is 11.6 Å². The van der Waals surface area contributed by atoms with E-state index in [0.717, 1.165) is 24.4 Å². The molecule has 0 saturated heterocycles. The first-order valence-corrected chi connectivity index (χ1v) is 12.4. The first kappa shape index (κ1) is 27.7. The molecule has 36 heavy (non-hydrogen) atoms. The number of aromatic nitrogens is 1. The fourth-order valence-electron chi connectivity index (χ4n) is 3.05. The lowest BCUT2D eigenvalue weighted by molar-refractivity contribution is -0.137. The number of sulfonamides is 1. The summed E-state index contributed by atoms with van der Waals surface area (Å²) in [6.45, 7) is 0. The van der Waals surface area contributed by atoms with E-state index in [1.165, 1.54) is 25.2 Å². The maximum atomic E-state index is 13.3. The van der Waals surface area contributed by atoms with Crippen LogP contribution in [0.15, 0.2) is 53.6 Å². The molecule has 0 spiro atoms. The number of ketones is 1. The van der Waals surface area contributed by atoms with E-state index >= 15 is 0 Å². The molecule has 0 aliphatic carbocycles. The topological polar surface area (TPSA) is 105 Å². The summed E-state index contributed by atoms with van der Waals surface area (Å²) in [5, 5.41) is 1.69. The summed E-state index contributed by atoms with van der Waals surface area (Å²) in [4.78, 5) is 28.1. The molecule has 0 radical (unpaired) electrons. The highest BCUT2D eigenvalue weighted by Crippen LogP contribution is 2.36. The molecule has 0 saturated carbocycles. The minimum absolute atomic E-state index is 0.00117. The van der Waals surface area contributed by atoms with E-state index in [9.17, 15) is 31.2 Å². The summed E-state index contributed by atoms with van der Waals surface area (Å²) in [7, 11) is -3.21. The fraction of sp³-hybridized carbons (Fsp3) is 0.136. The smallest absolute Gasteiger partial charge is 0.359 e. The number of nitrogens with one attached hydrogen (secondary N) is 2. The largest absolute Gasteiger partial charge is 0.417 e. The lowest BCUT2D eigenvalue weighted by Gasteiger charge is -2.15. The van der Waals surface area contributed by atoms with Gasteiger partial charge in [0.1, 0.15) is 5.69 Å². The molecular weight excluding hydrogens is 566 g/mol. The Bertz CT molecular complexity index is 1460. The van der Waals surface area contributed by atoms with Gasteiger partial charge in [-0.05, 0) is 42.0 Å². The van der Waals surface area contributed by atoms with Gasteiger partial charge in [-0.25, -0.2) is 13.4 Å². The summed E-state index contributed by atoms with van der Waals surface area (Å²) in [6.07, 6.45) is -3.88. The summed E-state index contributed by atoms with van der Waals surface area (Å²) in [5.41, 5.74) is -1.82. The molecule has 3 aromatic rings. The average Bonchev–Trinajstić information content (AvgIpc) is 2.79. The monoisotopic (exact) mass is 579 g/mol. The molecule has 1 amide bonds. The zero-order valence-electron chi connectivity index (χ0n) is 18.1. The first-order chi connectivity index (χ1) is 16.7. The highest BCUT2D eigenvalue weighted by molar-refractivity contribution is 7.92. The molecule has 0 fully saturated rings. The second kappa shape index (κ2) is 10.6. The number of benzene rings is 2. The van der Waals surface area contributed by atoms with Gasteiger partial charge in [-0.3, -0.25) is 14.3 Å². The van der Waals surface area contributed by atoms with Gasteiger partial charge < -0.3 is 5.32 Å². The Labute approximate surface area is 218 Å². The summed E-state index contributed by atoms with van der Waals surface area (Å²) >= 11 is 17.7. The molecule has 1 aromatic heterocycles. The van der Waals surface area contributed by atoms with Crippen molar-refractivity contribution in [1.29, 1.82) is 0 Å². The van der Waals surface area contributed by atoms with Gasteiger partial charge in [0.25, 0.3) is 10.0 Å². The van der Waals surface area contributed by atoms with Crippen molar-refractivity contribution in [2.24, 2.45) is 0 Å². The normalized spacial score (nSPS) is 11.8. The Morgan fingerprint density at radius 3 is 2.31 bits per heavy atom. The average molecular weight is 581 g/mol. The number of pyridine rings is 1. The van der Waals surface area contributed by atoms with Crippen molar-refractivity contribution in [3.05, 3.63) is 86.1 Å². The van der Waals surface area contributed by atoms with Gasteiger partial charge in [0.15, 0.2) is 0 Å². The number of anilines is 1. The number of hydrogen-bond acceptors (Lipinski definition) is 5. The number of nitrogens with zero attached hydrogens (tertiary/aromatic N) is 1. The highest BCUT2D eigenvalue weighted by atomic mass is 35.5. The number of likely N-dealkylation sites (N-methyl/N-ethyl adjacent to an activating group) is 1. The zero-order valence-corrected chi connectivity index (χ0v) is 21.2. The first-order valence-electron chi connectivity index (χ1n) is 9.81. The van der Waals surface area contributed by atoms with Crippen LogP contribution < -0.4 is 10.0 Å². The van der Waals surface area contributed by atoms with Crippen molar-refractivity contribution >= 4 is 62.2 Å². The Morgan fingerprint density at radius 2 is 1.67 bits per heavy atom. The van der Waals surface area contributed by atoms with Crippen molar-refractivity contribution in [3.63, 3.8) is 0 Å². The standard InChI is InChI=1S/C22H15Cl3F3N3O4S/c1-29-19(32)7-11-2-4-16(24)14(6-11)21(33)20-18(8-12(23)10-30-20)31-36(34,35)13-3-5-17(25)15(9-13)22(26,27)28/h2-6,8-10,31H,7H2,1H3,(H,29,32). The van der Waals surface area contributed by atoms with Crippen LogP contribution in [0, 0.1) is 0 Å². The molecule has 0 atom stereocenters. The van der Waals surface area contributed by atoms with Crippen molar-refractivity contribution in [2.75, 3.05) is 11.8 Å². The Morgan fingerprint density at radius 1 is 1.00 bits per heavy atom. The number of alkyl halides is 3. The zero-order chi connectivity index (χ0) is 26.8. The summed E-state index contributed by atoms with van der Waals surface area (Å²) in [5.74, 6) is -1.14. The number of rotatable bonds is 7. The van der Waals surface area contributed by atoms with Crippen LogP contribution in [0.3, 0.4) is 0 Å². The van der Waals surface area contributed by atoms with Crippen molar-refractivity contribution in [1.82, 2.24) is 10.3 Å². The molecule has 2 aromatic carbocycles. The van der Waals surface area contributed by atoms with Gasteiger partial charge in [0, 0.05) is 18.8 Å². The number of amides is 1. The van der Waals surface area contributed by atoms with E-state index < -0.39 is 48.8 Å². The molecule has 7 nitrogen and oxygen atoms in total. The van der Waals surface area contributed by atoms with E-state index in [4.69, 9.17) is 34.8 Å². The van der Waals surface area contributed by atoms with Crippen LogP contribution in [0.25, 0.3) is 0 Å². The van der Waals surface area contributed by atoms with Gasteiger partial charge in [-0.2, -0.15) is 13.2 Å². The quantitative estimate of drug-likeness (QED) is 0.365. The molecule has 0 bridgehead atoms. The van der Waals surface area contributed by atoms with Gasteiger partial charge in [0.05, 0.1) is 37.6 Å². The Balaban J connectivity index is 2.04. The molecule has 2 N–H and O–H groups in total. The predicted octanol–water partition coefficient (Wildman–Crippen LogP) is 5.38. The van der Waals surface area contributed by atoms with Crippen LogP contribution in [-0.4, -0.2) is 32.1 Å². The van der Waals surface area contributed by atoms with Crippen LogP contribution >= 0.6 is 34.8 Å². The lowest BCUT2D eigenvalue weighted by Crippen LogP contribution is -2.20. The molecule has 14 heteroatoms. The second-order valence-corrected chi connectivity index (χ2v) is 10.2. The molecular formula is C22H15Cl3F3N3O4S. The summed E-state index contributed by atoms with van der Waals surface area (Å²) in [6, 6.07) is 7.37. The van der Waals surface area contributed by atoms with Crippen molar-refractivity contribution in [2.45, 2.75) is 17.5 Å². The van der Waals surface area contributed by atoms with Gasteiger partial charge >= 0.3 is 6.18 Å². The number of hydrogen-bond donors (Lipinski definition) is 2. The SMILES string of the molecule is CNC(=O)Cc1ccc(Cl)c(C(=O)c2ncc(Cl)cc2NS(=O)(=O)c2ccc(Cl)c(C(F)(F)F)c2)c1. The van der Waals surface area contributed by atoms with Crippen molar-refractivity contribution < 1.29 is 31.2 Å². The third-order valence-corrected chi connectivity index (χ3v) is 7.02. The number of carbonyl (C=O) groups is 2. The maximum Gasteiger partial charge on any atom is 0.417 e. The van der Waals surface area contributed by atoms with Gasteiger partial charge in [-0.1, -0.05) is 40.9 Å². The molecule has 1 heterocycles. The molecule has 190 valence electrons. The van der Waals surface area contributed by atoms with E-state index in [1.54, 1.807) is 0 Å². The molecule has 0 unspecified atom stereocenters. The minimum atomic E-state index is -4.90. The number of carbonyl (C=O) groups excluding carboxylic acids is 2. The third-order valence-electron chi connectivity index (χ3n) is 4.79. The predicted molar refractivity (Wildman–Crippen MR) is 129 cm³/mol. The van der Waals surface area contributed by atoms with Crippen LogP contribution in [0.4, 0.5) is 18.9 Å². The fourth-order valence-corrected chi connectivity index (χ4v) is 4.72. The van der Waals surface area contributed by atoms with E-state index in [1.807, 2.05) is 0 Å². The van der Waals surface area contributed by atoms with E-state index in [-0.39, 0.29) is 27.9 Å². The number of halogens is 6. The third kappa shape index (κ3) is 6.28. The van der Waals surface area contributed by atoms with Gasteiger partial charge in [0.2, 0.25) is 11.7 Å². The van der Waals surface area contributed by atoms with Gasteiger partial charge in [-0.15, -0.1) is 0 Å². The van der Waals surface area contributed by atoms with Crippen molar-refractivity contribution in [3.8, 4) is 0 Å². The molecule has 3 rings (SSSR count). The lowest BCUT2D eigenvalue weighted by atomic mass is 10.0. The molecule has 0 aliphatic rings. The van der Waals surface area contributed by atoms with E-state index in [2.05, 4.69) is 15.0 Å². The van der Waals surface area contributed by atoms with Crippen LogP contribution in [0.2, 0.25) is 15.1 Å². The summed E-state index contributed by atoms with van der Waals surface area (Å²) < 4.78 is 67.5.